The number of hydrogen-bond donors (Lipinski definition) is 0. The molecule has 0 spiro atoms. The Balaban J connectivity index is 2.51. The van der Waals surface area contributed by atoms with Crippen LogP contribution in [0.5, 0.6) is 0 Å². The lowest BCUT2D eigenvalue weighted by Gasteiger charge is -2.03. The van der Waals surface area contributed by atoms with Gasteiger partial charge in [0.1, 0.15) is 5.82 Å². The third-order valence-electron chi connectivity index (χ3n) is 2.10. The highest BCUT2D eigenvalue weighted by Crippen LogP contribution is 2.15. The Bertz CT molecular complexity index is 535. The average molecular weight is 200 g/mol. The lowest BCUT2D eigenvalue weighted by molar-refractivity contribution is 0.617. The highest BCUT2D eigenvalue weighted by Gasteiger charge is 2.04. The molecule has 0 saturated carbocycles. The zero-order valence-corrected chi connectivity index (χ0v) is 8.24. The summed E-state index contributed by atoms with van der Waals surface area (Å²) in [6.45, 7) is 1.85. The van der Waals surface area contributed by atoms with Crippen molar-refractivity contribution in [2.75, 3.05) is 0 Å². The molecule has 0 saturated heterocycles. The number of aromatic nitrogens is 2. The fraction of sp³-hybridized carbons (Fsp3) is 0.0833. The topological polar surface area (TPSA) is 17.8 Å². The highest BCUT2D eigenvalue weighted by atomic mass is 19.1. The van der Waals surface area contributed by atoms with Crippen LogP contribution >= 0.6 is 0 Å². The second kappa shape index (κ2) is 3.58. The van der Waals surface area contributed by atoms with Gasteiger partial charge in [0.2, 0.25) is 0 Å². The quantitative estimate of drug-likeness (QED) is 0.646. The Labute approximate surface area is 87.4 Å². The molecule has 0 amide bonds. The van der Waals surface area contributed by atoms with Crippen molar-refractivity contribution in [1.29, 1.82) is 0 Å². The van der Waals surface area contributed by atoms with Crippen LogP contribution in [0.25, 0.3) is 5.69 Å². The Kier molecular flexibility index (Phi) is 2.26. The molecule has 0 fully saturated rings. The normalized spacial score (nSPS) is 9.93. The van der Waals surface area contributed by atoms with Gasteiger partial charge in [-0.25, -0.2) is 9.37 Å². The summed E-state index contributed by atoms with van der Waals surface area (Å²) in [5.74, 6) is 2.04. The van der Waals surface area contributed by atoms with Crippen molar-refractivity contribution in [3.63, 3.8) is 0 Å². The molecule has 2 nitrogen and oxygen atoms in total. The summed E-state index contributed by atoms with van der Waals surface area (Å²) in [7, 11) is 0. The fourth-order valence-corrected chi connectivity index (χ4v) is 1.36. The maximum Gasteiger partial charge on any atom is 0.148 e. The summed E-state index contributed by atoms with van der Waals surface area (Å²) in [6, 6.07) is 4.68. The van der Waals surface area contributed by atoms with Gasteiger partial charge < -0.3 is 4.57 Å². The Morgan fingerprint density at radius 1 is 1.47 bits per heavy atom. The predicted molar refractivity (Wildman–Crippen MR) is 56.2 cm³/mol. The first-order chi connectivity index (χ1) is 7.20. The van der Waals surface area contributed by atoms with Crippen LogP contribution < -0.4 is 0 Å². The molecule has 0 aliphatic heterocycles. The van der Waals surface area contributed by atoms with Crippen LogP contribution in [0.1, 0.15) is 11.3 Å². The van der Waals surface area contributed by atoms with E-state index in [0.29, 0.717) is 11.3 Å². The molecule has 15 heavy (non-hydrogen) atoms. The first kappa shape index (κ1) is 9.47. The lowest BCUT2D eigenvalue weighted by atomic mass is 10.2. The smallest absolute Gasteiger partial charge is 0.148 e. The number of nitrogens with zero attached hydrogens (tertiary/aromatic N) is 2. The molecule has 1 aromatic carbocycles. The monoisotopic (exact) mass is 200 g/mol. The van der Waals surface area contributed by atoms with Gasteiger partial charge in [0.05, 0.1) is 17.7 Å². The van der Waals surface area contributed by atoms with Gasteiger partial charge in [0.15, 0.2) is 0 Å². The Morgan fingerprint density at radius 2 is 2.27 bits per heavy atom. The number of benzene rings is 1. The fourth-order valence-electron chi connectivity index (χ4n) is 1.36. The van der Waals surface area contributed by atoms with E-state index in [-0.39, 0.29) is 5.82 Å². The minimum Gasteiger partial charge on any atom is -0.303 e. The predicted octanol–water partition coefficient (Wildman–Crippen LogP) is 2.30. The van der Waals surface area contributed by atoms with E-state index in [1.807, 2.05) is 6.92 Å². The van der Waals surface area contributed by atoms with E-state index in [1.54, 1.807) is 29.2 Å². The van der Waals surface area contributed by atoms with Gasteiger partial charge in [-0.3, -0.25) is 0 Å². The van der Waals surface area contributed by atoms with Gasteiger partial charge in [0, 0.05) is 11.8 Å². The minimum atomic E-state index is -0.345. The summed E-state index contributed by atoms with van der Waals surface area (Å²) in [6.07, 6.45) is 8.51. The molecule has 0 atom stereocenters. The maximum absolute atomic E-state index is 13.6. The number of rotatable bonds is 1. The van der Waals surface area contributed by atoms with Crippen LogP contribution in [0.15, 0.2) is 30.7 Å². The second-order valence-electron chi connectivity index (χ2n) is 3.23. The van der Waals surface area contributed by atoms with Crippen molar-refractivity contribution in [3.05, 3.63) is 47.8 Å². The molecule has 0 radical (unpaired) electrons. The van der Waals surface area contributed by atoms with E-state index in [0.717, 1.165) is 5.69 Å². The standard InChI is InChI=1S/C12H9FN2/c1-3-10-4-5-12(11(13)6-10)15-7-9(2)14-8-15/h1,4-8H,2H3. The van der Waals surface area contributed by atoms with E-state index >= 15 is 0 Å². The number of imidazole rings is 1. The highest BCUT2D eigenvalue weighted by molar-refractivity contribution is 5.42. The van der Waals surface area contributed by atoms with Crippen LogP contribution in [0.2, 0.25) is 0 Å². The van der Waals surface area contributed by atoms with Gasteiger partial charge in [-0.2, -0.15) is 0 Å². The van der Waals surface area contributed by atoms with Crippen LogP contribution in [0.3, 0.4) is 0 Å². The molecule has 1 aromatic heterocycles. The first-order valence-corrected chi connectivity index (χ1v) is 4.48. The molecule has 2 rings (SSSR count). The van der Waals surface area contributed by atoms with Crippen molar-refractivity contribution in [3.8, 4) is 18.0 Å². The maximum atomic E-state index is 13.6. The van der Waals surface area contributed by atoms with E-state index in [4.69, 9.17) is 6.42 Å². The number of halogens is 1. The van der Waals surface area contributed by atoms with Crippen LogP contribution in [0.4, 0.5) is 4.39 Å². The first-order valence-electron chi connectivity index (χ1n) is 4.48. The Hall–Kier alpha value is -2.08. The number of hydrogen-bond acceptors (Lipinski definition) is 1. The van der Waals surface area contributed by atoms with Crippen molar-refractivity contribution < 1.29 is 4.39 Å². The second-order valence-corrected chi connectivity index (χ2v) is 3.23. The SMILES string of the molecule is C#Cc1ccc(-n2cnc(C)c2)c(F)c1. The molecular formula is C12H9FN2. The minimum absolute atomic E-state index is 0.345. The van der Waals surface area contributed by atoms with Crippen molar-refractivity contribution in [2.24, 2.45) is 0 Å². The summed E-state index contributed by atoms with van der Waals surface area (Å²) < 4.78 is 15.2. The molecule has 0 unspecified atom stereocenters. The number of terminal acetylenes is 1. The van der Waals surface area contributed by atoms with Crippen LogP contribution in [-0.2, 0) is 0 Å². The van der Waals surface area contributed by atoms with Gasteiger partial charge in [0.25, 0.3) is 0 Å². The van der Waals surface area contributed by atoms with Crippen molar-refractivity contribution in [1.82, 2.24) is 9.55 Å². The lowest BCUT2D eigenvalue weighted by Crippen LogP contribution is -1.94. The van der Waals surface area contributed by atoms with Crippen LogP contribution in [0, 0.1) is 25.1 Å². The van der Waals surface area contributed by atoms with Gasteiger partial charge in [-0.05, 0) is 25.1 Å². The zero-order valence-electron chi connectivity index (χ0n) is 8.24. The summed E-state index contributed by atoms with van der Waals surface area (Å²) >= 11 is 0. The zero-order chi connectivity index (χ0) is 10.8. The molecular weight excluding hydrogens is 191 g/mol. The van der Waals surface area contributed by atoms with Gasteiger partial charge in [-0.1, -0.05) is 5.92 Å². The summed E-state index contributed by atoms with van der Waals surface area (Å²) in [4.78, 5) is 4.03. The third-order valence-corrected chi connectivity index (χ3v) is 2.10. The molecule has 0 aliphatic carbocycles. The summed E-state index contributed by atoms with van der Waals surface area (Å²) in [5.41, 5.74) is 1.83. The molecule has 3 heteroatoms. The Morgan fingerprint density at radius 3 is 2.80 bits per heavy atom. The molecule has 74 valence electrons. The largest absolute Gasteiger partial charge is 0.303 e. The van der Waals surface area contributed by atoms with E-state index in [1.165, 1.54) is 6.07 Å². The van der Waals surface area contributed by atoms with E-state index in [2.05, 4.69) is 10.9 Å². The summed E-state index contributed by atoms with van der Waals surface area (Å²) in [5, 5.41) is 0. The van der Waals surface area contributed by atoms with Gasteiger partial charge >= 0.3 is 0 Å². The van der Waals surface area contributed by atoms with Crippen molar-refractivity contribution >= 4 is 0 Å². The molecule has 1 heterocycles. The van der Waals surface area contributed by atoms with Crippen LogP contribution in [-0.4, -0.2) is 9.55 Å². The molecule has 0 N–H and O–H groups in total. The average Bonchev–Trinajstić information content (AvgIpc) is 2.64. The third kappa shape index (κ3) is 1.75. The van der Waals surface area contributed by atoms with E-state index < -0.39 is 0 Å². The van der Waals surface area contributed by atoms with E-state index in [9.17, 15) is 4.39 Å². The molecule has 0 bridgehead atoms. The number of aryl methyl sites for hydroxylation is 1. The van der Waals surface area contributed by atoms with Crippen molar-refractivity contribution in [2.45, 2.75) is 6.92 Å². The van der Waals surface area contributed by atoms with Gasteiger partial charge in [-0.15, -0.1) is 6.42 Å². The molecule has 0 aliphatic rings. The molecule has 2 aromatic rings.